The average molecular weight is 248 g/mol. The van der Waals surface area contributed by atoms with Crippen LogP contribution in [0.15, 0.2) is 18.2 Å². The fraction of sp³-hybridized carbons (Fsp3) is 0.417. The molecule has 0 heterocycles. The second kappa shape index (κ2) is 7.25. The van der Waals surface area contributed by atoms with Crippen molar-refractivity contribution in [3.05, 3.63) is 33.9 Å². The second-order valence-electron chi connectivity index (χ2n) is 3.78. The highest BCUT2D eigenvalue weighted by atomic mass is 16.6. The van der Waals surface area contributed by atoms with Crippen molar-refractivity contribution in [1.29, 1.82) is 5.26 Å². The van der Waals surface area contributed by atoms with Gasteiger partial charge >= 0.3 is 0 Å². The van der Waals surface area contributed by atoms with Crippen molar-refractivity contribution in [3.63, 3.8) is 0 Å². The van der Waals surface area contributed by atoms with Gasteiger partial charge in [-0.05, 0) is 19.0 Å². The summed E-state index contributed by atoms with van der Waals surface area (Å²) >= 11 is 0. The van der Waals surface area contributed by atoms with Crippen LogP contribution < -0.4 is 10.6 Å². The standard InChI is InChI=1S/C12H16N4O2/c1-2-5-14-6-7-15-12-4-3-11(16(17)18)8-10(12)9-13/h3-4,8,14-15H,2,5-7H2,1H3. The van der Waals surface area contributed by atoms with Crippen LogP contribution in [0.3, 0.4) is 0 Å². The first-order valence-corrected chi connectivity index (χ1v) is 5.82. The first-order chi connectivity index (χ1) is 8.69. The molecule has 0 aliphatic rings. The third-order valence-corrected chi connectivity index (χ3v) is 2.38. The third-order valence-electron chi connectivity index (χ3n) is 2.38. The van der Waals surface area contributed by atoms with E-state index in [4.69, 9.17) is 5.26 Å². The number of rotatable bonds is 7. The van der Waals surface area contributed by atoms with Gasteiger partial charge in [-0.3, -0.25) is 10.1 Å². The Labute approximate surface area is 106 Å². The number of nitriles is 1. The van der Waals surface area contributed by atoms with Crippen LogP contribution in [0.25, 0.3) is 0 Å². The molecule has 6 heteroatoms. The lowest BCUT2D eigenvalue weighted by Crippen LogP contribution is -2.22. The van der Waals surface area contributed by atoms with Crippen LogP contribution in [0.2, 0.25) is 0 Å². The van der Waals surface area contributed by atoms with Crippen LogP contribution in [0.5, 0.6) is 0 Å². The Balaban J connectivity index is 2.61. The summed E-state index contributed by atoms with van der Waals surface area (Å²) in [6.45, 7) is 4.50. The smallest absolute Gasteiger partial charge is 0.270 e. The molecular formula is C12H16N4O2. The molecule has 18 heavy (non-hydrogen) atoms. The van der Waals surface area contributed by atoms with Crippen LogP contribution in [-0.2, 0) is 0 Å². The van der Waals surface area contributed by atoms with E-state index in [-0.39, 0.29) is 5.69 Å². The average Bonchev–Trinajstić information content (AvgIpc) is 2.38. The fourth-order valence-corrected chi connectivity index (χ4v) is 1.48. The van der Waals surface area contributed by atoms with E-state index in [9.17, 15) is 10.1 Å². The van der Waals surface area contributed by atoms with Gasteiger partial charge in [0.25, 0.3) is 5.69 Å². The Morgan fingerprint density at radius 2 is 2.17 bits per heavy atom. The number of non-ortho nitro benzene ring substituents is 1. The Bertz CT molecular complexity index is 454. The molecule has 6 nitrogen and oxygen atoms in total. The van der Waals surface area contributed by atoms with Gasteiger partial charge in [-0.15, -0.1) is 0 Å². The highest BCUT2D eigenvalue weighted by Crippen LogP contribution is 2.20. The molecule has 1 aromatic carbocycles. The Hall–Kier alpha value is -2.13. The van der Waals surface area contributed by atoms with Crippen molar-refractivity contribution in [1.82, 2.24) is 5.32 Å². The zero-order valence-corrected chi connectivity index (χ0v) is 10.3. The largest absolute Gasteiger partial charge is 0.383 e. The molecule has 0 saturated carbocycles. The van der Waals surface area contributed by atoms with Crippen LogP contribution in [-0.4, -0.2) is 24.6 Å². The molecule has 0 radical (unpaired) electrons. The van der Waals surface area contributed by atoms with Gasteiger partial charge in [0, 0.05) is 25.2 Å². The van der Waals surface area contributed by atoms with Crippen molar-refractivity contribution in [2.75, 3.05) is 25.0 Å². The second-order valence-corrected chi connectivity index (χ2v) is 3.78. The predicted octanol–water partition coefficient (Wildman–Crippen LogP) is 1.88. The lowest BCUT2D eigenvalue weighted by atomic mass is 10.1. The number of anilines is 1. The highest BCUT2D eigenvalue weighted by molar-refractivity contribution is 5.61. The monoisotopic (exact) mass is 248 g/mol. The Morgan fingerprint density at radius 1 is 1.39 bits per heavy atom. The van der Waals surface area contributed by atoms with Crippen molar-refractivity contribution < 1.29 is 4.92 Å². The van der Waals surface area contributed by atoms with Crippen LogP contribution in [0.1, 0.15) is 18.9 Å². The van der Waals surface area contributed by atoms with E-state index >= 15 is 0 Å². The van der Waals surface area contributed by atoms with Gasteiger partial charge in [0.05, 0.1) is 16.2 Å². The molecule has 0 atom stereocenters. The summed E-state index contributed by atoms with van der Waals surface area (Å²) in [5.41, 5.74) is 0.849. The quantitative estimate of drug-likeness (QED) is 0.436. The lowest BCUT2D eigenvalue weighted by molar-refractivity contribution is -0.384. The third kappa shape index (κ3) is 4.03. The molecule has 1 rings (SSSR count). The van der Waals surface area contributed by atoms with Crippen molar-refractivity contribution >= 4 is 11.4 Å². The van der Waals surface area contributed by atoms with E-state index in [2.05, 4.69) is 17.6 Å². The maximum atomic E-state index is 10.6. The lowest BCUT2D eigenvalue weighted by Gasteiger charge is -2.08. The summed E-state index contributed by atoms with van der Waals surface area (Å²) in [4.78, 5) is 10.1. The number of nitro groups is 1. The molecular weight excluding hydrogens is 232 g/mol. The number of nitro benzene ring substituents is 1. The summed E-state index contributed by atoms with van der Waals surface area (Å²) in [5, 5.41) is 25.8. The number of benzene rings is 1. The summed E-state index contributed by atoms with van der Waals surface area (Å²) in [5.74, 6) is 0. The molecule has 0 unspecified atom stereocenters. The van der Waals surface area contributed by atoms with Crippen LogP contribution >= 0.6 is 0 Å². The van der Waals surface area contributed by atoms with E-state index in [1.165, 1.54) is 12.1 Å². The molecule has 0 saturated heterocycles. The maximum Gasteiger partial charge on any atom is 0.270 e. The van der Waals surface area contributed by atoms with Crippen LogP contribution in [0.4, 0.5) is 11.4 Å². The minimum absolute atomic E-state index is 0.0683. The molecule has 0 aromatic heterocycles. The van der Waals surface area contributed by atoms with Gasteiger partial charge in [-0.2, -0.15) is 5.26 Å². The maximum absolute atomic E-state index is 10.6. The zero-order valence-electron chi connectivity index (χ0n) is 10.3. The van der Waals surface area contributed by atoms with E-state index in [1.807, 2.05) is 6.07 Å². The molecule has 0 bridgehead atoms. The molecule has 0 aliphatic carbocycles. The summed E-state index contributed by atoms with van der Waals surface area (Å²) in [7, 11) is 0. The Kier molecular flexibility index (Phi) is 5.61. The fourth-order valence-electron chi connectivity index (χ4n) is 1.48. The van der Waals surface area contributed by atoms with E-state index in [1.54, 1.807) is 6.07 Å². The van der Waals surface area contributed by atoms with Crippen molar-refractivity contribution in [2.45, 2.75) is 13.3 Å². The van der Waals surface area contributed by atoms with Gasteiger partial charge in [0.15, 0.2) is 0 Å². The molecule has 0 spiro atoms. The van der Waals surface area contributed by atoms with Gasteiger partial charge in [0.1, 0.15) is 6.07 Å². The van der Waals surface area contributed by atoms with Crippen LogP contribution in [0, 0.1) is 21.4 Å². The molecule has 1 aromatic rings. The SMILES string of the molecule is CCCNCCNc1ccc([N+](=O)[O-])cc1C#N. The number of nitrogens with one attached hydrogen (secondary N) is 2. The predicted molar refractivity (Wildman–Crippen MR) is 69.5 cm³/mol. The van der Waals surface area contributed by atoms with Gasteiger partial charge in [-0.1, -0.05) is 6.92 Å². The normalized spacial score (nSPS) is 9.78. The molecule has 0 amide bonds. The molecule has 96 valence electrons. The molecule has 0 fully saturated rings. The van der Waals surface area contributed by atoms with E-state index in [0.29, 0.717) is 17.8 Å². The highest BCUT2D eigenvalue weighted by Gasteiger charge is 2.09. The topological polar surface area (TPSA) is 91.0 Å². The van der Waals surface area contributed by atoms with E-state index < -0.39 is 4.92 Å². The first-order valence-electron chi connectivity index (χ1n) is 5.82. The van der Waals surface area contributed by atoms with E-state index in [0.717, 1.165) is 19.5 Å². The molecule has 0 aliphatic heterocycles. The Morgan fingerprint density at radius 3 is 2.78 bits per heavy atom. The van der Waals surface area contributed by atoms with Gasteiger partial charge < -0.3 is 10.6 Å². The number of hydrogen-bond acceptors (Lipinski definition) is 5. The van der Waals surface area contributed by atoms with Crippen molar-refractivity contribution in [2.24, 2.45) is 0 Å². The van der Waals surface area contributed by atoms with Crippen molar-refractivity contribution in [3.8, 4) is 6.07 Å². The number of hydrogen-bond donors (Lipinski definition) is 2. The molecule has 2 N–H and O–H groups in total. The van der Waals surface area contributed by atoms with Gasteiger partial charge in [0.2, 0.25) is 0 Å². The summed E-state index contributed by atoms with van der Waals surface area (Å²) in [6.07, 6.45) is 1.07. The minimum Gasteiger partial charge on any atom is -0.383 e. The first kappa shape index (κ1) is 13.9. The number of nitrogens with zero attached hydrogens (tertiary/aromatic N) is 2. The summed E-state index contributed by atoms with van der Waals surface area (Å²) < 4.78 is 0. The summed E-state index contributed by atoms with van der Waals surface area (Å²) in [6, 6.07) is 6.19. The minimum atomic E-state index is -0.507. The van der Waals surface area contributed by atoms with Gasteiger partial charge in [-0.25, -0.2) is 0 Å². The zero-order chi connectivity index (χ0) is 13.4.